The molecule has 8 heteroatoms. The summed E-state index contributed by atoms with van der Waals surface area (Å²) in [5.41, 5.74) is 6.30. The monoisotopic (exact) mass is 375 g/mol. The highest BCUT2D eigenvalue weighted by Crippen LogP contribution is 2.47. The van der Waals surface area contributed by atoms with Gasteiger partial charge in [0.2, 0.25) is 5.91 Å². The third-order valence-electron chi connectivity index (χ3n) is 5.83. The Morgan fingerprint density at radius 3 is 2.71 bits per heavy atom. The van der Waals surface area contributed by atoms with Crippen LogP contribution in [0.4, 0.5) is 0 Å². The second kappa shape index (κ2) is 7.58. The lowest BCUT2D eigenvalue weighted by atomic mass is 9.84. The van der Waals surface area contributed by atoms with Crippen LogP contribution in [-0.2, 0) is 17.8 Å². The van der Waals surface area contributed by atoms with Gasteiger partial charge in [-0.3, -0.25) is 4.79 Å². The summed E-state index contributed by atoms with van der Waals surface area (Å²) in [6, 6.07) is 0.0480. The molecule has 6 nitrogen and oxygen atoms in total. The van der Waals surface area contributed by atoms with E-state index in [1.807, 2.05) is 4.68 Å². The standard InChI is InChI=1S/C16H25N5O.2ClH/c1-2-12-19-15-11(4-3-7-21(15)20-12)18-16(22)13-9-5-6-10(8-9)14(13)17;;/h9-11,13-14H,2-8,17H2,1H3,(H,18,22);2*1H. The molecule has 1 amide bonds. The van der Waals surface area contributed by atoms with Gasteiger partial charge in [-0.05, 0) is 43.9 Å². The Morgan fingerprint density at radius 1 is 1.29 bits per heavy atom. The number of nitrogens with one attached hydrogen (secondary N) is 1. The Kier molecular flexibility index (Phi) is 6.15. The summed E-state index contributed by atoms with van der Waals surface area (Å²) in [7, 11) is 0. The first-order valence-electron chi connectivity index (χ1n) is 8.67. The molecule has 5 unspecified atom stereocenters. The number of carbonyl (C=O) groups excluding carboxylic acids is 1. The largest absolute Gasteiger partial charge is 0.346 e. The van der Waals surface area contributed by atoms with E-state index in [1.165, 1.54) is 6.42 Å². The Bertz CT molecular complexity index is 591. The molecule has 3 N–H and O–H groups in total. The lowest BCUT2D eigenvalue weighted by Crippen LogP contribution is -2.46. The van der Waals surface area contributed by atoms with Crippen LogP contribution in [0.3, 0.4) is 0 Å². The molecule has 1 aromatic rings. The minimum Gasteiger partial charge on any atom is -0.346 e. The molecule has 1 aromatic heterocycles. The fraction of sp³-hybridized carbons (Fsp3) is 0.812. The second-order valence-corrected chi connectivity index (χ2v) is 7.10. The first-order valence-corrected chi connectivity index (χ1v) is 8.67. The van der Waals surface area contributed by atoms with Gasteiger partial charge in [0, 0.05) is 19.0 Å². The number of hydrogen-bond acceptors (Lipinski definition) is 4. The van der Waals surface area contributed by atoms with E-state index in [-0.39, 0.29) is 48.7 Å². The number of rotatable bonds is 3. The van der Waals surface area contributed by atoms with Crippen molar-refractivity contribution in [2.45, 2.75) is 64.1 Å². The van der Waals surface area contributed by atoms with E-state index in [9.17, 15) is 4.79 Å². The number of carbonyl (C=O) groups is 1. The molecule has 2 saturated carbocycles. The minimum atomic E-state index is 0. The number of aromatic nitrogens is 3. The highest BCUT2D eigenvalue weighted by atomic mass is 35.5. The summed E-state index contributed by atoms with van der Waals surface area (Å²) in [6.07, 6.45) is 6.32. The fourth-order valence-corrected chi connectivity index (χ4v) is 4.68. The highest BCUT2D eigenvalue weighted by molar-refractivity contribution is 5.85. The van der Waals surface area contributed by atoms with Crippen molar-refractivity contribution in [3.8, 4) is 0 Å². The molecule has 1 aliphatic heterocycles. The molecule has 24 heavy (non-hydrogen) atoms. The average molecular weight is 376 g/mol. The number of fused-ring (bicyclic) bond motifs is 3. The first kappa shape index (κ1) is 19.5. The summed E-state index contributed by atoms with van der Waals surface area (Å²) in [5.74, 6) is 2.98. The summed E-state index contributed by atoms with van der Waals surface area (Å²) in [6.45, 7) is 2.96. The average Bonchev–Trinajstić information content (AvgIpc) is 3.20. The minimum absolute atomic E-state index is 0. The van der Waals surface area contributed by atoms with Gasteiger partial charge in [-0.2, -0.15) is 5.10 Å². The zero-order valence-electron chi connectivity index (χ0n) is 14.0. The van der Waals surface area contributed by atoms with Gasteiger partial charge in [0.15, 0.2) is 5.82 Å². The predicted molar refractivity (Wildman–Crippen MR) is 96.3 cm³/mol. The van der Waals surface area contributed by atoms with Crippen molar-refractivity contribution < 1.29 is 4.79 Å². The highest BCUT2D eigenvalue weighted by Gasteiger charge is 2.49. The summed E-state index contributed by atoms with van der Waals surface area (Å²) >= 11 is 0. The molecule has 0 radical (unpaired) electrons. The number of halogens is 2. The van der Waals surface area contributed by atoms with Crippen LogP contribution < -0.4 is 11.1 Å². The molecule has 0 aromatic carbocycles. The number of amides is 1. The van der Waals surface area contributed by atoms with Gasteiger partial charge in [0.25, 0.3) is 0 Å². The van der Waals surface area contributed by atoms with Gasteiger partial charge < -0.3 is 11.1 Å². The van der Waals surface area contributed by atoms with Crippen LogP contribution in [0.15, 0.2) is 0 Å². The summed E-state index contributed by atoms with van der Waals surface area (Å²) < 4.78 is 1.97. The van der Waals surface area contributed by atoms with E-state index in [0.29, 0.717) is 11.8 Å². The van der Waals surface area contributed by atoms with Crippen molar-refractivity contribution in [1.29, 1.82) is 0 Å². The van der Waals surface area contributed by atoms with E-state index >= 15 is 0 Å². The van der Waals surface area contributed by atoms with Crippen molar-refractivity contribution in [3.63, 3.8) is 0 Å². The van der Waals surface area contributed by atoms with Crippen molar-refractivity contribution >= 4 is 30.7 Å². The number of nitrogens with two attached hydrogens (primary N) is 1. The van der Waals surface area contributed by atoms with Gasteiger partial charge >= 0.3 is 0 Å². The molecule has 5 atom stereocenters. The molecule has 0 spiro atoms. The van der Waals surface area contributed by atoms with Crippen LogP contribution >= 0.6 is 24.8 Å². The summed E-state index contributed by atoms with van der Waals surface area (Å²) in [5, 5.41) is 7.73. The van der Waals surface area contributed by atoms with Gasteiger partial charge in [-0.25, -0.2) is 9.67 Å². The topological polar surface area (TPSA) is 85.8 Å². The molecule has 2 aliphatic carbocycles. The van der Waals surface area contributed by atoms with E-state index < -0.39 is 0 Å². The summed E-state index contributed by atoms with van der Waals surface area (Å²) in [4.78, 5) is 17.4. The Labute approximate surface area is 155 Å². The molecule has 2 bridgehead atoms. The molecule has 136 valence electrons. The Morgan fingerprint density at radius 2 is 2.04 bits per heavy atom. The molecule has 0 saturated heterocycles. The Hall–Kier alpha value is -0.850. The quantitative estimate of drug-likeness (QED) is 0.845. The molecular formula is C16H27Cl2N5O. The Balaban J connectivity index is 0.00000104. The third-order valence-corrected chi connectivity index (χ3v) is 5.83. The van der Waals surface area contributed by atoms with Gasteiger partial charge in [-0.1, -0.05) is 6.92 Å². The normalized spacial score (nSPS) is 33.3. The van der Waals surface area contributed by atoms with Crippen LogP contribution in [0, 0.1) is 17.8 Å². The van der Waals surface area contributed by atoms with Crippen molar-refractivity contribution in [3.05, 3.63) is 11.6 Å². The number of nitrogens with zero attached hydrogens (tertiary/aromatic N) is 3. The van der Waals surface area contributed by atoms with Gasteiger partial charge in [0.05, 0.1) is 12.0 Å². The lowest BCUT2D eigenvalue weighted by molar-refractivity contribution is -0.128. The first-order chi connectivity index (χ1) is 10.7. The van der Waals surface area contributed by atoms with Crippen LogP contribution in [0.5, 0.6) is 0 Å². The SMILES string of the molecule is CCc1nc2n(n1)CCCC2NC(=O)C1C2CCC(C2)C1N.Cl.Cl. The fourth-order valence-electron chi connectivity index (χ4n) is 4.68. The van der Waals surface area contributed by atoms with E-state index in [2.05, 4.69) is 22.3 Å². The number of aryl methyl sites for hydroxylation is 2. The zero-order valence-corrected chi connectivity index (χ0v) is 15.6. The molecular weight excluding hydrogens is 349 g/mol. The molecule has 3 aliphatic rings. The molecule has 2 fully saturated rings. The van der Waals surface area contributed by atoms with Crippen LogP contribution in [0.2, 0.25) is 0 Å². The zero-order chi connectivity index (χ0) is 15.3. The second-order valence-electron chi connectivity index (χ2n) is 7.10. The van der Waals surface area contributed by atoms with Crippen molar-refractivity contribution in [2.75, 3.05) is 0 Å². The van der Waals surface area contributed by atoms with E-state index in [4.69, 9.17) is 5.73 Å². The van der Waals surface area contributed by atoms with Gasteiger partial charge in [-0.15, -0.1) is 24.8 Å². The lowest BCUT2D eigenvalue weighted by Gasteiger charge is -2.30. The maximum Gasteiger partial charge on any atom is 0.225 e. The van der Waals surface area contributed by atoms with E-state index in [1.54, 1.807) is 0 Å². The molecule has 2 heterocycles. The smallest absolute Gasteiger partial charge is 0.225 e. The number of hydrogen-bond donors (Lipinski definition) is 2. The van der Waals surface area contributed by atoms with E-state index in [0.717, 1.165) is 50.3 Å². The maximum atomic E-state index is 12.8. The van der Waals surface area contributed by atoms with Crippen LogP contribution in [0.1, 0.15) is 56.7 Å². The predicted octanol–water partition coefficient (Wildman–Crippen LogP) is 2.01. The van der Waals surface area contributed by atoms with Crippen LogP contribution in [-0.4, -0.2) is 26.7 Å². The van der Waals surface area contributed by atoms with Crippen molar-refractivity contribution in [2.24, 2.45) is 23.5 Å². The van der Waals surface area contributed by atoms with Crippen molar-refractivity contribution in [1.82, 2.24) is 20.1 Å². The van der Waals surface area contributed by atoms with Gasteiger partial charge in [0.1, 0.15) is 5.82 Å². The maximum absolute atomic E-state index is 12.8. The third kappa shape index (κ3) is 3.16. The van der Waals surface area contributed by atoms with Crippen LogP contribution in [0.25, 0.3) is 0 Å². The molecule has 4 rings (SSSR count).